The van der Waals surface area contributed by atoms with Gasteiger partial charge >= 0.3 is 0 Å². The molecule has 1 aliphatic heterocycles. The van der Waals surface area contributed by atoms with Gasteiger partial charge in [-0.3, -0.25) is 4.90 Å². The van der Waals surface area contributed by atoms with E-state index in [1.807, 2.05) is 12.3 Å². The highest BCUT2D eigenvalue weighted by atomic mass is 15.2. The molecule has 0 bridgehead atoms. The minimum atomic E-state index is 0.272. The van der Waals surface area contributed by atoms with Crippen LogP contribution in [0.2, 0.25) is 0 Å². The monoisotopic (exact) mass is 260 g/mol. The van der Waals surface area contributed by atoms with E-state index in [4.69, 9.17) is 5.73 Å². The van der Waals surface area contributed by atoms with Crippen molar-refractivity contribution in [2.75, 3.05) is 13.1 Å². The molecule has 1 aromatic heterocycles. The molecule has 1 saturated heterocycles. The Balaban J connectivity index is 1.81. The quantitative estimate of drug-likeness (QED) is 0.904. The van der Waals surface area contributed by atoms with Crippen LogP contribution in [0, 0.1) is 5.92 Å². The van der Waals surface area contributed by atoms with E-state index in [2.05, 4.69) is 14.9 Å². The van der Waals surface area contributed by atoms with Crippen molar-refractivity contribution < 1.29 is 0 Å². The highest BCUT2D eigenvalue weighted by molar-refractivity contribution is 5.07. The van der Waals surface area contributed by atoms with Gasteiger partial charge in [0.1, 0.15) is 6.33 Å². The molecule has 2 heterocycles. The van der Waals surface area contributed by atoms with Crippen molar-refractivity contribution in [1.82, 2.24) is 14.9 Å². The summed E-state index contributed by atoms with van der Waals surface area (Å²) < 4.78 is 0. The summed E-state index contributed by atoms with van der Waals surface area (Å²) in [4.78, 5) is 11.1. The first kappa shape index (κ1) is 13.0. The predicted octanol–water partition coefficient (Wildman–Crippen LogP) is 2.13. The number of fused-ring (bicyclic) bond motifs is 1. The van der Waals surface area contributed by atoms with Crippen LogP contribution in [0.4, 0.5) is 0 Å². The number of nitrogens with two attached hydrogens (primary N) is 1. The van der Waals surface area contributed by atoms with E-state index in [9.17, 15) is 0 Å². The number of hydrogen-bond donors (Lipinski definition) is 1. The highest BCUT2D eigenvalue weighted by Crippen LogP contribution is 2.38. The molecule has 0 amide bonds. The zero-order valence-corrected chi connectivity index (χ0v) is 11.5. The summed E-state index contributed by atoms with van der Waals surface area (Å²) in [5.74, 6) is 0.887. The third kappa shape index (κ3) is 2.65. The third-order valence-corrected chi connectivity index (χ3v) is 4.86. The maximum absolute atomic E-state index is 6.06. The van der Waals surface area contributed by atoms with Gasteiger partial charge in [0.2, 0.25) is 0 Å². The van der Waals surface area contributed by atoms with Crippen LogP contribution in [0.25, 0.3) is 0 Å². The Morgan fingerprint density at radius 3 is 2.89 bits per heavy atom. The maximum atomic E-state index is 6.06. The average molecular weight is 260 g/mol. The van der Waals surface area contributed by atoms with Gasteiger partial charge in [0, 0.05) is 18.8 Å². The molecule has 3 atom stereocenters. The summed E-state index contributed by atoms with van der Waals surface area (Å²) in [5, 5.41) is 0. The van der Waals surface area contributed by atoms with Gasteiger partial charge in [0.25, 0.3) is 0 Å². The molecular formula is C15H24N4. The lowest BCUT2D eigenvalue weighted by Crippen LogP contribution is -2.50. The zero-order valence-electron chi connectivity index (χ0n) is 11.5. The van der Waals surface area contributed by atoms with Crippen molar-refractivity contribution in [2.24, 2.45) is 11.7 Å². The predicted molar refractivity (Wildman–Crippen MR) is 75.5 cm³/mol. The smallest absolute Gasteiger partial charge is 0.115 e. The molecule has 4 nitrogen and oxygen atoms in total. The summed E-state index contributed by atoms with van der Waals surface area (Å²) in [6.45, 7) is 1.83. The van der Waals surface area contributed by atoms with Crippen molar-refractivity contribution in [3.8, 4) is 0 Å². The van der Waals surface area contributed by atoms with Crippen LogP contribution in [-0.2, 0) is 0 Å². The standard InChI is InChI=1S/C15H24N4/c16-10-15(13-7-8-17-11-18-13)19-9-3-5-12-4-1-2-6-14(12)19/h7-8,11-12,14-15H,1-6,9-10,16H2/t12-,14-,15?/m1/s1. The van der Waals surface area contributed by atoms with Crippen LogP contribution in [0.15, 0.2) is 18.6 Å². The minimum Gasteiger partial charge on any atom is -0.329 e. The number of nitrogens with zero attached hydrogens (tertiary/aromatic N) is 3. The molecule has 0 spiro atoms. The van der Waals surface area contributed by atoms with Crippen LogP contribution in [0.5, 0.6) is 0 Å². The fourth-order valence-corrected chi connectivity index (χ4v) is 3.97. The first-order valence-electron chi connectivity index (χ1n) is 7.62. The Hall–Kier alpha value is -1.00. The first-order chi connectivity index (χ1) is 9.40. The Morgan fingerprint density at radius 1 is 1.26 bits per heavy atom. The van der Waals surface area contributed by atoms with Gasteiger partial charge in [-0.15, -0.1) is 0 Å². The normalized spacial score (nSPS) is 29.7. The van der Waals surface area contributed by atoms with Crippen molar-refractivity contribution in [3.63, 3.8) is 0 Å². The van der Waals surface area contributed by atoms with Crippen LogP contribution in [0.1, 0.15) is 50.3 Å². The Kier molecular flexibility index (Phi) is 4.09. The number of likely N-dealkylation sites (tertiary alicyclic amines) is 1. The van der Waals surface area contributed by atoms with E-state index in [1.54, 1.807) is 6.33 Å². The molecule has 1 unspecified atom stereocenters. The van der Waals surface area contributed by atoms with Crippen molar-refractivity contribution in [3.05, 3.63) is 24.3 Å². The summed E-state index contributed by atoms with van der Waals surface area (Å²) in [6.07, 6.45) is 11.7. The Bertz CT molecular complexity index is 392. The molecule has 19 heavy (non-hydrogen) atoms. The molecule has 2 fully saturated rings. The fraction of sp³-hybridized carbons (Fsp3) is 0.733. The van der Waals surface area contributed by atoms with Gasteiger partial charge < -0.3 is 5.73 Å². The maximum Gasteiger partial charge on any atom is 0.115 e. The molecule has 104 valence electrons. The largest absolute Gasteiger partial charge is 0.329 e. The molecule has 1 saturated carbocycles. The lowest BCUT2D eigenvalue weighted by atomic mass is 9.77. The van der Waals surface area contributed by atoms with E-state index in [0.29, 0.717) is 6.54 Å². The number of piperidine rings is 1. The van der Waals surface area contributed by atoms with Crippen LogP contribution in [-0.4, -0.2) is 34.0 Å². The van der Waals surface area contributed by atoms with Crippen LogP contribution in [0.3, 0.4) is 0 Å². The molecule has 0 aromatic carbocycles. The zero-order chi connectivity index (χ0) is 13.1. The van der Waals surface area contributed by atoms with E-state index in [-0.39, 0.29) is 6.04 Å². The van der Waals surface area contributed by atoms with Gasteiger partial charge in [-0.25, -0.2) is 9.97 Å². The fourth-order valence-electron chi connectivity index (χ4n) is 3.97. The van der Waals surface area contributed by atoms with Crippen molar-refractivity contribution >= 4 is 0 Å². The summed E-state index contributed by atoms with van der Waals surface area (Å²) in [5.41, 5.74) is 7.14. The molecular weight excluding hydrogens is 236 g/mol. The second kappa shape index (κ2) is 5.97. The van der Waals surface area contributed by atoms with Crippen LogP contribution >= 0.6 is 0 Å². The molecule has 4 heteroatoms. The van der Waals surface area contributed by atoms with Gasteiger partial charge in [-0.2, -0.15) is 0 Å². The van der Waals surface area contributed by atoms with E-state index < -0.39 is 0 Å². The van der Waals surface area contributed by atoms with Gasteiger partial charge in [-0.05, 0) is 44.2 Å². The number of hydrogen-bond acceptors (Lipinski definition) is 4. The molecule has 1 aliphatic carbocycles. The lowest BCUT2D eigenvalue weighted by Gasteiger charge is -2.47. The molecule has 3 rings (SSSR count). The van der Waals surface area contributed by atoms with E-state index in [0.717, 1.165) is 17.7 Å². The molecule has 1 aromatic rings. The van der Waals surface area contributed by atoms with Crippen molar-refractivity contribution in [2.45, 2.75) is 50.6 Å². The summed E-state index contributed by atoms with van der Waals surface area (Å²) in [7, 11) is 0. The second-order valence-electron chi connectivity index (χ2n) is 5.88. The van der Waals surface area contributed by atoms with Crippen LogP contribution < -0.4 is 5.73 Å². The lowest BCUT2D eigenvalue weighted by molar-refractivity contribution is 0.0262. The molecule has 2 N–H and O–H groups in total. The molecule has 0 radical (unpaired) electrons. The average Bonchev–Trinajstić information content (AvgIpc) is 2.49. The Morgan fingerprint density at radius 2 is 2.11 bits per heavy atom. The summed E-state index contributed by atoms with van der Waals surface area (Å²) in [6, 6.07) is 3.02. The third-order valence-electron chi connectivity index (χ3n) is 4.86. The Labute approximate surface area is 115 Å². The summed E-state index contributed by atoms with van der Waals surface area (Å²) >= 11 is 0. The van der Waals surface area contributed by atoms with Gasteiger partial charge in [-0.1, -0.05) is 12.8 Å². The SMILES string of the molecule is NCC(c1ccncn1)N1CCC[C@H]2CCCC[C@H]21. The first-order valence-corrected chi connectivity index (χ1v) is 7.62. The number of rotatable bonds is 3. The number of aromatic nitrogens is 2. The van der Waals surface area contributed by atoms with E-state index >= 15 is 0 Å². The van der Waals surface area contributed by atoms with Gasteiger partial charge in [0.05, 0.1) is 11.7 Å². The minimum absolute atomic E-state index is 0.272. The van der Waals surface area contributed by atoms with Crippen molar-refractivity contribution in [1.29, 1.82) is 0 Å². The van der Waals surface area contributed by atoms with Gasteiger partial charge in [0.15, 0.2) is 0 Å². The second-order valence-corrected chi connectivity index (χ2v) is 5.88. The molecule has 2 aliphatic rings. The highest BCUT2D eigenvalue weighted by Gasteiger charge is 2.36. The topological polar surface area (TPSA) is 55.0 Å². The van der Waals surface area contributed by atoms with E-state index in [1.165, 1.54) is 45.1 Å².